The van der Waals surface area contributed by atoms with Crippen molar-refractivity contribution in [3.63, 3.8) is 0 Å². The number of nitrogens with one attached hydrogen (secondary N) is 2. The summed E-state index contributed by atoms with van der Waals surface area (Å²) in [6, 6.07) is 10.4. The molecule has 0 radical (unpaired) electrons. The van der Waals surface area contributed by atoms with Crippen molar-refractivity contribution in [2.75, 3.05) is 26.2 Å². The first kappa shape index (κ1) is 22.4. The van der Waals surface area contributed by atoms with E-state index in [4.69, 9.17) is 9.15 Å². The molecule has 2 N–H and O–H groups in total. The van der Waals surface area contributed by atoms with E-state index in [9.17, 15) is 14.4 Å². The molecule has 3 heterocycles. The number of carbonyl (C=O) groups excluding carboxylic acids is 3. The number of nitrogens with zero attached hydrogens (tertiary/aromatic N) is 1. The number of amides is 3. The summed E-state index contributed by atoms with van der Waals surface area (Å²) in [5.41, 5.74) is 1.54. The quantitative estimate of drug-likeness (QED) is 0.430. The van der Waals surface area contributed by atoms with E-state index in [2.05, 4.69) is 10.6 Å². The van der Waals surface area contributed by atoms with Crippen LogP contribution in [-0.2, 0) is 14.4 Å². The van der Waals surface area contributed by atoms with Crippen LogP contribution in [0, 0.1) is 0 Å². The molecule has 8 heteroatoms. The van der Waals surface area contributed by atoms with Crippen molar-refractivity contribution in [3.05, 3.63) is 42.2 Å². The summed E-state index contributed by atoms with van der Waals surface area (Å²) in [5.74, 6) is 0.0539. The zero-order valence-corrected chi connectivity index (χ0v) is 19.3. The zero-order valence-electron chi connectivity index (χ0n) is 19.3. The second-order valence-corrected chi connectivity index (χ2v) is 9.13. The summed E-state index contributed by atoms with van der Waals surface area (Å²) in [7, 11) is 0. The highest BCUT2D eigenvalue weighted by atomic mass is 16.5. The van der Waals surface area contributed by atoms with E-state index in [0.29, 0.717) is 25.5 Å². The van der Waals surface area contributed by atoms with E-state index in [0.717, 1.165) is 65.5 Å². The van der Waals surface area contributed by atoms with Crippen molar-refractivity contribution < 1.29 is 23.5 Å². The normalized spacial score (nSPS) is 19.6. The van der Waals surface area contributed by atoms with Gasteiger partial charge >= 0.3 is 0 Å². The molecule has 2 aromatic carbocycles. The minimum atomic E-state index is -0.385. The van der Waals surface area contributed by atoms with Crippen LogP contribution in [0.5, 0.6) is 5.75 Å². The molecule has 2 fully saturated rings. The Morgan fingerprint density at radius 3 is 2.74 bits per heavy atom. The number of carbonyl (C=O) groups is 3. The fourth-order valence-electron chi connectivity index (χ4n) is 4.95. The fraction of sp³-hybridized carbons (Fsp3) is 0.423. The molecule has 0 saturated carbocycles. The van der Waals surface area contributed by atoms with Gasteiger partial charge in [-0.3, -0.25) is 19.7 Å². The van der Waals surface area contributed by atoms with Crippen LogP contribution in [0.2, 0.25) is 0 Å². The number of imide groups is 1. The predicted molar refractivity (Wildman–Crippen MR) is 128 cm³/mol. The van der Waals surface area contributed by atoms with Crippen LogP contribution >= 0.6 is 0 Å². The molecule has 1 atom stereocenters. The van der Waals surface area contributed by atoms with Gasteiger partial charge in [0.1, 0.15) is 17.9 Å². The minimum Gasteiger partial charge on any atom is -0.492 e. The van der Waals surface area contributed by atoms with Crippen molar-refractivity contribution >= 4 is 39.5 Å². The van der Waals surface area contributed by atoms with E-state index in [1.807, 2.05) is 35.2 Å². The molecule has 1 aromatic heterocycles. The highest BCUT2D eigenvalue weighted by Gasteiger charge is 2.30. The van der Waals surface area contributed by atoms with E-state index >= 15 is 0 Å². The number of ether oxygens (including phenoxy) is 1. The lowest BCUT2D eigenvalue weighted by Gasteiger charge is -2.31. The van der Waals surface area contributed by atoms with Crippen LogP contribution in [-0.4, -0.2) is 54.9 Å². The number of hydrogen-bond donors (Lipinski definition) is 2. The molecule has 0 bridgehead atoms. The summed E-state index contributed by atoms with van der Waals surface area (Å²) in [5, 5.41) is 8.87. The van der Waals surface area contributed by atoms with Crippen LogP contribution < -0.4 is 15.4 Å². The highest BCUT2D eigenvalue weighted by Crippen LogP contribution is 2.35. The maximum atomic E-state index is 12.4. The van der Waals surface area contributed by atoms with Crippen LogP contribution in [0.25, 0.3) is 21.7 Å². The summed E-state index contributed by atoms with van der Waals surface area (Å²) < 4.78 is 11.7. The molecular weight excluding hydrogens is 434 g/mol. The summed E-state index contributed by atoms with van der Waals surface area (Å²) in [6.07, 6.45) is 4.38. The lowest BCUT2D eigenvalue weighted by molar-refractivity contribution is -0.134. The maximum absolute atomic E-state index is 12.4. The average Bonchev–Trinajstić information content (AvgIpc) is 3.23. The number of furan rings is 1. The van der Waals surface area contributed by atoms with Crippen LogP contribution in [0.3, 0.4) is 0 Å². The Kier molecular flexibility index (Phi) is 6.24. The van der Waals surface area contributed by atoms with Gasteiger partial charge in [-0.25, -0.2) is 0 Å². The minimum absolute atomic E-state index is 0.148. The number of piperidine rings is 2. The van der Waals surface area contributed by atoms with Gasteiger partial charge in [-0.1, -0.05) is 6.07 Å². The number of rotatable bonds is 6. The summed E-state index contributed by atoms with van der Waals surface area (Å²) in [4.78, 5) is 37.2. The Labute approximate surface area is 197 Å². The van der Waals surface area contributed by atoms with Gasteiger partial charge in [0.15, 0.2) is 0 Å². The first-order valence-electron chi connectivity index (χ1n) is 11.9. The van der Waals surface area contributed by atoms with E-state index in [-0.39, 0.29) is 23.6 Å². The Hall–Kier alpha value is -3.39. The molecule has 3 aromatic rings. The number of likely N-dealkylation sites (tertiary alicyclic amines) is 1. The van der Waals surface area contributed by atoms with E-state index < -0.39 is 0 Å². The van der Waals surface area contributed by atoms with Gasteiger partial charge in [0, 0.05) is 50.0 Å². The Morgan fingerprint density at radius 2 is 1.97 bits per heavy atom. The largest absolute Gasteiger partial charge is 0.492 e. The van der Waals surface area contributed by atoms with Crippen LogP contribution in [0.1, 0.15) is 44.1 Å². The standard InChI is InChI=1S/C26H29N3O5/c1-16(30)29-9-6-19(7-10-29)27-8-11-33-20-3-2-17-14-24-22(13-18(17)12-20)23(15-34-24)21-4-5-25(31)28-26(21)32/h2-3,12-15,19,21,27H,4-11H2,1H3,(H,28,31,32). The van der Waals surface area contributed by atoms with E-state index in [1.54, 1.807) is 13.2 Å². The number of fused-ring (bicyclic) bond motifs is 2. The van der Waals surface area contributed by atoms with Gasteiger partial charge in [-0.15, -0.1) is 0 Å². The third-order valence-corrected chi connectivity index (χ3v) is 6.89. The van der Waals surface area contributed by atoms with Gasteiger partial charge in [-0.2, -0.15) is 0 Å². The molecular formula is C26H29N3O5. The maximum Gasteiger partial charge on any atom is 0.234 e. The SMILES string of the molecule is CC(=O)N1CCC(NCCOc2ccc3cc4occ(C5CCC(=O)NC5=O)c4cc3c2)CC1. The average molecular weight is 464 g/mol. The second-order valence-electron chi connectivity index (χ2n) is 9.13. The zero-order chi connectivity index (χ0) is 23.7. The first-order chi connectivity index (χ1) is 16.5. The van der Waals surface area contributed by atoms with E-state index in [1.165, 1.54) is 0 Å². The van der Waals surface area contributed by atoms with Crippen LogP contribution in [0.15, 0.2) is 41.0 Å². The molecule has 178 valence electrons. The monoisotopic (exact) mass is 463 g/mol. The molecule has 34 heavy (non-hydrogen) atoms. The van der Waals surface area contributed by atoms with Crippen molar-refractivity contribution in [2.45, 2.75) is 44.6 Å². The van der Waals surface area contributed by atoms with Gasteiger partial charge in [0.25, 0.3) is 0 Å². The number of benzene rings is 2. The molecule has 2 aliphatic heterocycles. The van der Waals surface area contributed by atoms with Crippen LogP contribution in [0.4, 0.5) is 0 Å². The molecule has 1 unspecified atom stereocenters. The molecule has 2 saturated heterocycles. The van der Waals surface area contributed by atoms with Gasteiger partial charge in [0.2, 0.25) is 17.7 Å². The molecule has 2 aliphatic rings. The molecule has 0 spiro atoms. The highest BCUT2D eigenvalue weighted by molar-refractivity contribution is 6.04. The smallest absolute Gasteiger partial charge is 0.234 e. The third-order valence-electron chi connectivity index (χ3n) is 6.89. The Morgan fingerprint density at radius 1 is 1.15 bits per heavy atom. The Bertz CT molecular complexity index is 1240. The first-order valence-corrected chi connectivity index (χ1v) is 11.9. The second kappa shape index (κ2) is 9.46. The van der Waals surface area contributed by atoms with Gasteiger partial charge in [-0.05, 0) is 54.3 Å². The molecule has 5 rings (SSSR count). The molecule has 0 aliphatic carbocycles. The molecule has 3 amide bonds. The fourth-order valence-corrected chi connectivity index (χ4v) is 4.95. The predicted octanol–water partition coefficient (Wildman–Crippen LogP) is 3.09. The lowest BCUT2D eigenvalue weighted by atomic mass is 9.90. The van der Waals surface area contributed by atoms with Crippen molar-refractivity contribution in [3.8, 4) is 5.75 Å². The van der Waals surface area contributed by atoms with Gasteiger partial charge < -0.3 is 19.4 Å². The summed E-state index contributed by atoms with van der Waals surface area (Å²) in [6.45, 7) is 4.53. The van der Waals surface area contributed by atoms with Gasteiger partial charge in [0.05, 0.1) is 12.2 Å². The van der Waals surface area contributed by atoms with Crippen molar-refractivity contribution in [2.24, 2.45) is 0 Å². The van der Waals surface area contributed by atoms with Crippen molar-refractivity contribution in [1.82, 2.24) is 15.5 Å². The number of hydrogen-bond acceptors (Lipinski definition) is 6. The van der Waals surface area contributed by atoms with Crippen molar-refractivity contribution in [1.29, 1.82) is 0 Å². The topological polar surface area (TPSA) is 101 Å². The summed E-state index contributed by atoms with van der Waals surface area (Å²) >= 11 is 0. The molecule has 8 nitrogen and oxygen atoms in total. The lowest BCUT2D eigenvalue weighted by Crippen LogP contribution is -2.45. The third kappa shape index (κ3) is 4.63. The Balaban J connectivity index is 1.23.